The Morgan fingerprint density at radius 3 is 2.89 bits per heavy atom. The van der Waals surface area contributed by atoms with Crippen molar-refractivity contribution in [3.05, 3.63) is 32.6 Å². The smallest absolute Gasteiger partial charge is 0.217 e. The van der Waals surface area contributed by atoms with E-state index < -0.39 is 6.10 Å². The summed E-state index contributed by atoms with van der Waals surface area (Å²) in [5, 5.41) is 17.2. The van der Waals surface area contributed by atoms with Crippen LogP contribution in [0.25, 0.3) is 0 Å². The Labute approximate surface area is 115 Å². The first-order chi connectivity index (χ1) is 8.54. The number of halogens is 1. The molecular formula is C12H15ClN2O2S. The average Bonchev–Trinajstić information content (AvgIpc) is 2.82. The molecule has 18 heavy (non-hydrogen) atoms. The highest BCUT2D eigenvalue weighted by Crippen LogP contribution is 2.33. The molecule has 0 spiro atoms. The van der Waals surface area contributed by atoms with Gasteiger partial charge in [-0.15, -0.1) is 11.3 Å². The molecule has 0 saturated carbocycles. The van der Waals surface area contributed by atoms with Gasteiger partial charge in [-0.1, -0.05) is 11.6 Å². The molecule has 2 aromatic rings. The first-order valence-electron chi connectivity index (χ1n) is 5.52. The molecule has 4 nitrogen and oxygen atoms in total. The topological polar surface area (TPSA) is 47.3 Å². The van der Waals surface area contributed by atoms with Crippen molar-refractivity contribution in [2.45, 2.75) is 19.4 Å². The standard InChI is InChI=1S/C12H15ClN2O2S/c1-7-11(12(17-3)15(2)14-7)9(16)6-10-8(13)4-5-18-10/h4-5,9,16H,6H2,1-3H3. The third-order valence-corrected chi connectivity index (χ3v) is 4.22. The molecule has 2 heterocycles. The van der Waals surface area contributed by atoms with Gasteiger partial charge >= 0.3 is 0 Å². The summed E-state index contributed by atoms with van der Waals surface area (Å²) in [4.78, 5) is 0.967. The van der Waals surface area contributed by atoms with Gasteiger partial charge < -0.3 is 9.84 Å². The average molecular weight is 287 g/mol. The van der Waals surface area contributed by atoms with Crippen LogP contribution in [0.3, 0.4) is 0 Å². The second kappa shape index (κ2) is 5.30. The van der Waals surface area contributed by atoms with Crippen molar-refractivity contribution in [3.63, 3.8) is 0 Å². The molecule has 0 aliphatic carbocycles. The van der Waals surface area contributed by atoms with E-state index >= 15 is 0 Å². The number of aliphatic hydroxyl groups is 1. The van der Waals surface area contributed by atoms with E-state index in [-0.39, 0.29) is 0 Å². The van der Waals surface area contributed by atoms with E-state index in [2.05, 4.69) is 5.10 Å². The first kappa shape index (κ1) is 13.4. The summed E-state index contributed by atoms with van der Waals surface area (Å²) in [7, 11) is 3.37. The Balaban J connectivity index is 2.29. The molecule has 0 fully saturated rings. The number of nitrogens with zero attached hydrogens (tertiary/aromatic N) is 2. The van der Waals surface area contributed by atoms with Gasteiger partial charge in [-0.2, -0.15) is 5.10 Å². The highest BCUT2D eigenvalue weighted by Gasteiger charge is 2.22. The molecule has 0 saturated heterocycles. The molecule has 0 aliphatic heterocycles. The Morgan fingerprint density at radius 2 is 2.33 bits per heavy atom. The van der Waals surface area contributed by atoms with E-state index in [4.69, 9.17) is 16.3 Å². The van der Waals surface area contributed by atoms with Crippen LogP contribution in [-0.2, 0) is 13.5 Å². The molecule has 1 N–H and O–H groups in total. The highest BCUT2D eigenvalue weighted by molar-refractivity contribution is 7.10. The molecule has 0 aromatic carbocycles. The Morgan fingerprint density at radius 1 is 1.61 bits per heavy atom. The van der Waals surface area contributed by atoms with E-state index in [1.807, 2.05) is 18.4 Å². The Bertz CT molecular complexity index is 550. The van der Waals surface area contributed by atoms with E-state index in [1.165, 1.54) is 11.3 Å². The molecule has 98 valence electrons. The first-order valence-corrected chi connectivity index (χ1v) is 6.77. The molecule has 1 atom stereocenters. The summed E-state index contributed by atoms with van der Waals surface area (Å²) in [6.07, 6.45) is -0.191. The minimum atomic E-state index is -0.662. The molecule has 6 heteroatoms. The molecule has 1 unspecified atom stereocenters. The summed E-state index contributed by atoms with van der Waals surface area (Å²) in [5.74, 6) is 0.590. The van der Waals surface area contributed by atoms with Crippen LogP contribution in [0.4, 0.5) is 0 Å². The largest absolute Gasteiger partial charge is 0.481 e. The van der Waals surface area contributed by atoms with Crippen molar-refractivity contribution in [2.24, 2.45) is 7.05 Å². The van der Waals surface area contributed by atoms with Crippen molar-refractivity contribution < 1.29 is 9.84 Å². The normalized spacial score (nSPS) is 12.7. The lowest BCUT2D eigenvalue weighted by molar-refractivity contribution is 0.173. The predicted molar refractivity (Wildman–Crippen MR) is 72.5 cm³/mol. The summed E-state index contributed by atoms with van der Waals surface area (Å²) in [5.41, 5.74) is 1.50. The van der Waals surface area contributed by atoms with Gasteiger partial charge in [0.05, 0.1) is 29.5 Å². The van der Waals surface area contributed by atoms with Gasteiger partial charge in [0.25, 0.3) is 0 Å². The highest BCUT2D eigenvalue weighted by atomic mass is 35.5. The van der Waals surface area contributed by atoms with Gasteiger partial charge in [0.1, 0.15) is 0 Å². The SMILES string of the molecule is COc1c(C(O)Cc2sccc2Cl)c(C)nn1C. The van der Waals surface area contributed by atoms with Crippen molar-refractivity contribution in [3.8, 4) is 5.88 Å². The van der Waals surface area contributed by atoms with Crippen LogP contribution in [0.15, 0.2) is 11.4 Å². The van der Waals surface area contributed by atoms with Crippen LogP contribution in [0.1, 0.15) is 22.2 Å². The van der Waals surface area contributed by atoms with Crippen molar-refractivity contribution in [1.29, 1.82) is 0 Å². The van der Waals surface area contributed by atoms with E-state index in [9.17, 15) is 5.11 Å². The number of methoxy groups -OCH3 is 1. The molecule has 0 aliphatic rings. The third kappa shape index (κ3) is 2.39. The van der Waals surface area contributed by atoms with E-state index in [0.717, 1.165) is 16.1 Å². The number of rotatable bonds is 4. The zero-order valence-electron chi connectivity index (χ0n) is 10.5. The lowest BCUT2D eigenvalue weighted by Gasteiger charge is -2.11. The summed E-state index contributed by atoms with van der Waals surface area (Å²) < 4.78 is 6.91. The summed E-state index contributed by atoms with van der Waals surface area (Å²) in [6.45, 7) is 1.86. The zero-order chi connectivity index (χ0) is 13.3. The maximum atomic E-state index is 10.3. The Hall–Kier alpha value is -1.04. The van der Waals surface area contributed by atoms with Gasteiger partial charge in [0.2, 0.25) is 5.88 Å². The van der Waals surface area contributed by atoms with Crippen LogP contribution in [-0.4, -0.2) is 22.0 Å². The van der Waals surface area contributed by atoms with Gasteiger partial charge in [-0.3, -0.25) is 0 Å². The minimum absolute atomic E-state index is 0.472. The maximum Gasteiger partial charge on any atom is 0.217 e. The number of hydrogen-bond donors (Lipinski definition) is 1. The molecule has 2 rings (SSSR count). The van der Waals surface area contributed by atoms with Crippen molar-refractivity contribution in [2.75, 3.05) is 7.11 Å². The van der Waals surface area contributed by atoms with E-state index in [0.29, 0.717) is 17.3 Å². The van der Waals surface area contributed by atoms with Crippen molar-refractivity contribution in [1.82, 2.24) is 9.78 Å². The number of aryl methyl sites for hydroxylation is 2. The third-order valence-electron chi connectivity index (χ3n) is 2.81. The van der Waals surface area contributed by atoms with Crippen LogP contribution in [0.5, 0.6) is 5.88 Å². The summed E-state index contributed by atoms with van der Waals surface area (Å²) >= 11 is 7.58. The summed E-state index contributed by atoms with van der Waals surface area (Å²) in [6, 6.07) is 1.83. The lowest BCUT2D eigenvalue weighted by atomic mass is 10.1. The van der Waals surface area contributed by atoms with Crippen molar-refractivity contribution >= 4 is 22.9 Å². The number of thiophene rings is 1. The van der Waals surface area contributed by atoms with Crippen LogP contribution < -0.4 is 4.74 Å². The number of aliphatic hydroxyl groups excluding tert-OH is 1. The minimum Gasteiger partial charge on any atom is -0.481 e. The number of aromatic nitrogens is 2. The van der Waals surface area contributed by atoms with Gasteiger partial charge in [-0.05, 0) is 18.4 Å². The second-order valence-corrected chi connectivity index (χ2v) is 5.45. The number of hydrogen-bond acceptors (Lipinski definition) is 4. The van der Waals surface area contributed by atoms with Gasteiger partial charge in [-0.25, -0.2) is 4.68 Å². The molecule has 0 bridgehead atoms. The zero-order valence-corrected chi connectivity index (χ0v) is 12.0. The quantitative estimate of drug-likeness (QED) is 0.940. The van der Waals surface area contributed by atoms with Gasteiger partial charge in [0.15, 0.2) is 0 Å². The second-order valence-electron chi connectivity index (χ2n) is 4.04. The predicted octanol–water partition coefficient (Wildman–Crippen LogP) is 2.73. The van der Waals surface area contributed by atoms with Gasteiger partial charge in [0, 0.05) is 18.3 Å². The van der Waals surface area contributed by atoms with Crippen LogP contribution >= 0.6 is 22.9 Å². The van der Waals surface area contributed by atoms with Crippen LogP contribution in [0.2, 0.25) is 5.02 Å². The maximum absolute atomic E-state index is 10.3. The fourth-order valence-electron chi connectivity index (χ4n) is 2.03. The number of ether oxygens (including phenoxy) is 1. The molecule has 0 radical (unpaired) electrons. The fraction of sp³-hybridized carbons (Fsp3) is 0.417. The Kier molecular flexibility index (Phi) is 3.94. The van der Waals surface area contributed by atoms with Crippen LogP contribution in [0, 0.1) is 6.92 Å². The fourth-order valence-corrected chi connectivity index (χ4v) is 3.18. The molecule has 0 amide bonds. The monoisotopic (exact) mass is 286 g/mol. The molecular weight excluding hydrogens is 272 g/mol. The lowest BCUT2D eigenvalue weighted by Crippen LogP contribution is -2.04. The molecule has 2 aromatic heterocycles. The van der Waals surface area contributed by atoms with E-state index in [1.54, 1.807) is 18.8 Å².